The van der Waals surface area contributed by atoms with Crippen molar-refractivity contribution in [2.24, 2.45) is 10.2 Å². The molecule has 0 radical (unpaired) electrons. The molecule has 0 aliphatic carbocycles. The molecule has 0 bridgehead atoms. The average molecular weight is 833 g/mol. The minimum atomic E-state index is -0.573. The van der Waals surface area contributed by atoms with Gasteiger partial charge in [-0.2, -0.15) is 33.7 Å². The average Bonchev–Trinajstić information content (AvgIpc) is 3.79. The van der Waals surface area contributed by atoms with Crippen molar-refractivity contribution in [3.8, 4) is 0 Å². The highest BCUT2D eigenvalue weighted by molar-refractivity contribution is 8.02. The minimum Gasteiger partial charge on any atom is -0.390 e. The normalized spacial score (nSPS) is 13.1. The highest BCUT2D eigenvalue weighted by Gasteiger charge is 2.16. The maximum absolute atomic E-state index is 11.2. The lowest BCUT2D eigenvalue weighted by atomic mass is 10.1. The molecule has 8 aromatic rings. The van der Waals surface area contributed by atoms with Gasteiger partial charge in [-0.15, -0.1) is 0 Å². The van der Waals surface area contributed by atoms with E-state index in [1.165, 1.54) is 43.6 Å². The van der Waals surface area contributed by atoms with E-state index in [1.54, 1.807) is 23.5 Å². The molecule has 60 heavy (non-hydrogen) atoms. The van der Waals surface area contributed by atoms with Gasteiger partial charge in [-0.1, -0.05) is 84.9 Å². The smallest absolute Gasteiger partial charge is 0.0826 e. The third-order valence-electron chi connectivity index (χ3n) is 10.8. The highest BCUT2D eigenvalue weighted by atomic mass is 32.2. The van der Waals surface area contributed by atoms with E-state index in [0.29, 0.717) is 24.6 Å². The molecule has 2 atom stereocenters. The first-order valence-electron chi connectivity index (χ1n) is 20.8. The van der Waals surface area contributed by atoms with Crippen molar-refractivity contribution in [3.05, 3.63) is 157 Å². The molecule has 8 nitrogen and oxygen atoms in total. The second-order valence-electron chi connectivity index (χ2n) is 14.9. The Kier molecular flexibility index (Phi) is 13.5. The van der Waals surface area contributed by atoms with Gasteiger partial charge in [0.2, 0.25) is 0 Å². The fourth-order valence-electron chi connectivity index (χ4n) is 7.96. The van der Waals surface area contributed by atoms with E-state index in [4.69, 9.17) is 10.2 Å². The van der Waals surface area contributed by atoms with Crippen molar-refractivity contribution in [3.63, 3.8) is 0 Å². The third kappa shape index (κ3) is 9.42. The summed E-state index contributed by atoms with van der Waals surface area (Å²) in [6, 6.07) is 50.1. The topological polar surface area (TPSA) is 81.5 Å². The summed E-state index contributed by atoms with van der Waals surface area (Å²) in [4.78, 5) is 0. The van der Waals surface area contributed by atoms with Gasteiger partial charge in [0.15, 0.2) is 0 Å². The SMILES string of the molecule is CCn1c2ccccc2c2cc(C=NN(CC(O)CSCCSCC(O)CN(N=Cc3ccc4c(c3)c3ccccc3n4CC)c3ccccc3)c3ccccc3)ccc21. The number of rotatable bonds is 19. The molecular formula is C50H52N6O2S2. The number of aliphatic hydroxyl groups excluding tert-OH is 2. The molecule has 0 saturated heterocycles. The van der Waals surface area contributed by atoms with Crippen LogP contribution in [0.4, 0.5) is 11.4 Å². The number of hydrazone groups is 2. The lowest BCUT2D eigenvalue weighted by Crippen LogP contribution is -2.30. The van der Waals surface area contributed by atoms with Crippen LogP contribution in [0.1, 0.15) is 25.0 Å². The van der Waals surface area contributed by atoms with E-state index in [1.807, 2.05) is 83.1 Å². The third-order valence-corrected chi connectivity index (χ3v) is 13.3. The number of benzene rings is 6. The molecule has 0 aliphatic heterocycles. The maximum atomic E-state index is 11.2. The summed E-state index contributed by atoms with van der Waals surface area (Å²) < 4.78 is 4.70. The second-order valence-corrected chi connectivity index (χ2v) is 17.2. The van der Waals surface area contributed by atoms with Crippen molar-refractivity contribution < 1.29 is 10.2 Å². The minimum absolute atomic E-state index is 0.378. The van der Waals surface area contributed by atoms with Crippen molar-refractivity contribution in [1.82, 2.24) is 9.13 Å². The van der Waals surface area contributed by atoms with Gasteiger partial charge in [0.05, 0.1) is 49.1 Å². The van der Waals surface area contributed by atoms with Crippen LogP contribution in [0.2, 0.25) is 0 Å². The van der Waals surface area contributed by atoms with E-state index in [9.17, 15) is 10.2 Å². The zero-order chi connectivity index (χ0) is 41.3. The molecule has 0 fully saturated rings. The number of hydrogen-bond acceptors (Lipinski definition) is 8. The van der Waals surface area contributed by atoms with Gasteiger partial charge < -0.3 is 19.3 Å². The lowest BCUT2D eigenvalue weighted by Gasteiger charge is -2.23. The van der Waals surface area contributed by atoms with Crippen LogP contribution >= 0.6 is 23.5 Å². The number of fused-ring (bicyclic) bond motifs is 6. The molecule has 10 heteroatoms. The number of aliphatic hydroxyl groups is 2. The number of thioether (sulfide) groups is 2. The fraction of sp³-hybridized carbons (Fsp3) is 0.240. The number of anilines is 2. The Labute approximate surface area is 360 Å². The Morgan fingerprint density at radius 1 is 0.500 bits per heavy atom. The number of para-hydroxylation sites is 4. The molecule has 0 spiro atoms. The summed E-state index contributed by atoms with van der Waals surface area (Å²) in [6.45, 7) is 6.93. The molecule has 0 saturated carbocycles. The first kappa shape index (κ1) is 41.2. The fourth-order valence-corrected chi connectivity index (χ4v) is 9.99. The summed E-state index contributed by atoms with van der Waals surface area (Å²) in [7, 11) is 0. The molecule has 0 amide bonds. The Hall–Kier alpha value is -5.52. The summed E-state index contributed by atoms with van der Waals surface area (Å²) in [5.41, 5.74) is 8.80. The van der Waals surface area contributed by atoms with Crippen LogP contribution in [0.5, 0.6) is 0 Å². The van der Waals surface area contributed by atoms with E-state index in [-0.39, 0.29) is 0 Å². The highest BCUT2D eigenvalue weighted by Crippen LogP contribution is 2.31. The van der Waals surface area contributed by atoms with Crippen LogP contribution in [-0.4, -0.2) is 80.1 Å². The summed E-state index contributed by atoms with van der Waals surface area (Å²) in [5.74, 6) is 2.91. The molecule has 6 aromatic carbocycles. The van der Waals surface area contributed by atoms with Gasteiger partial charge in [-0.3, -0.25) is 10.0 Å². The Morgan fingerprint density at radius 3 is 1.30 bits per heavy atom. The molecule has 2 N–H and O–H groups in total. The lowest BCUT2D eigenvalue weighted by molar-refractivity contribution is 0.204. The van der Waals surface area contributed by atoms with E-state index in [0.717, 1.165) is 47.1 Å². The maximum Gasteiger partial charge on any atom is 0.0826 e. The van der Waals surface area contributed by atoms with Crippen LogP contribution in [0.15, 0.2) is 156 Å². The van der Waals surface area contributed by atoms with Crippen molar-refractivity contribution in [2.45, 2.75) is 39.1 Å². The van der Waals surface area contributed by atoms with Gasteiger partial charge in [-0.05, 0) is 85.6 Å². The molecular weight excluding hydrogens is 781 g/mol. The van der Waals surface area contributed by atoms with Gasteiger partial charge in [0, 0.05) is 79.7 Å². The van der Waals surface area contributed by atoms with Gasteiger partial charge >= 0.3 is 0 Å². The van der Waals surface area contributed by atoms with Gasteiger partial charge in [-0.25, -0.2) is 0 Å². The number of aryl methyl sites for hydroxylation is 2. The van der Waals surface area contributed by atoms with Crippen LogP contribution in [-0.2, 0) is 13.1 Å². The van der Waals surface area contributed by atoms with Crippen LogP contribution < -0.4 is 10.0 Å². The largest absolute Gasteiger partial charge is 0.390 e. The predicted octanol–water partition coefficient (Wildman–Crippen LogP) is 10.5. The standard InChI is InChI=1S/C50H52N6O2S2/c1-3-53-47-21-13-11-19-43(47)45-29-37(23-25-49(45)53)31-51-55(39-15-7-5-8-16-39)33-41(57)35-59-27-28-60-36-42(58)34-56(40-17-9-6-10-18-40)52-32-38-24-26-50-46(30-38)44-20-12-14-22-48(44)54(50)4-2/h5-26,29-32,41-42,57-58H,3-4,27-28,33-36H2,1-2H3. The van der Waals surface area contributed by atoms with Crippen molar-refractivity contribution in [2.75, 3.05) is 46.1 Å². The van der Waals surface area contributed by atoms with Crippen LogP contribution in [0, 0.1) is 0 Å². The Bertz CT molecular complexity index is 2530. The Morgan fingerprint density at radius 2 is 0.883 bits per heavy atom. The summed E-state index contributed by atoms with van der Waals surface area (Å²) in [5, 5.41) is 40.8. The first-order valence-corrected chi connectivity index (χ1v) is 23.1. The summed E-state index contributed by atoms with van der Waals surface area (Å²) in [6.07, 6.45) is 2.64. The molecule has 2 unspecified atom stereocenters. The Balaban J connectivity index is 0.837. The predicted molar refractivity (Wildman–Crippen MR) is 260 cm³/mol. The summed E-state index contributed by atoms with van der Waals surface area (Å²) >= 11 is 3.45. The molecule has 0 aliphatic rings. The van der Waals surface area contributed by atoms with Crippen molar-refractivity contribution >= 4 is 90.9 Å². The molecule has 2 heterocycles. The molecule has 306 valence electrons. The molecule has 2 aromatic heterocycles. The van der Waals surface area contributed by atoms with Gasteiger partial charge in [0.1, 0.15) is 0 Å². The quantitative estimate of drug-likeness (QED) is 0.0480. The molecule has 8 rings (SSSR count). The first-order chi connectivity index (χ1) is 29.5. The van der Waals surface area contributed by atoms with Gasteiger partial charge in [0.25, 0.3) is 0 Å². The second kappa shape index (κ2) is 19.7. The zero-order valence-corrected chi connectivity index (χ0v) is 35.8. The van der Waals surface area contributed by atoms with E-state index >= 15 is 0 Å². The number of hydrogen-bond donors (Lipinski definition) is 2. The van der Waals surface area contributed by atoms with Crippen molar-refractivity contribution in [1.29, 1.82) is 0 Å². The van der Waals surface area contributed by atoms with E-state index in [2.05, 4.69) is 108 Å². The number of aromatic nitrogens is 2. The monoisotopic (exact) mass is 832 g/mol. The van der Waals surface area contributed by atoms with Crippen LogP contribution in [0.25, 0.3) is 43.6 Å². The van der Waals surface area contributed by atoms with Crippen LogP contribution in [0.3, 0.4) is 0 Å². The number of nitrogens with zero attached hydrogens (tertiary/aromatic N) is 6. The zero-order valence-electron chi connectivity index (χ0n) is 34.2. The van der Waals surface area contributed by atoms with E-state index < -0.39 is 12.2 Å².